The molecule has 132 valence electrons. The third-order valence-electron chi connectivity index (χ3n) is 3.77. The van der Waals surface area contributed by atoms with Gasteiger partial charge in [-0.2, -0.15) is 0 Å². The molecule has 4 heteroatoms. The van der Waals surface area contributed by atoms with Gasteiger partial charge in [0.05, 0.1) is 12.7 Å². The molecule has 0 amide bonds. The second-order valence-corrected chi connectivity index (χ2v) is 7.21. The Balaban J connectivity index is 2.12. The first-order valence-electron chi connectivity index (χ1n) is 8.07. The monoisotopic (exact) mass is 358 g/mol. The van der Waals surface area contributed by atoms with Crippen molar-refractivity contribution in [3.05, 3.63) is 70.3 Å². The Morgan fingerprint density at radius 1 is 1.04 bits per heavy atom. The molecule has 0 heterocycles. The Morgan fingerprint density at radius 2 is 1.64 bits per heavy atom. The van der Waals surface area contributed by atoms with Crippen molar-refractivity contribution in [2.45, 2.75) is 26.2 Å². The molecule has 2 aromatic carbocycles. The third kappa shape index (κ3) is 5.64. The van der Waals surface area contributed by atoms with Crippen LogP contribution in [0.4, 0.5) is 0 Å². The Bertz CT molecular complexity index is 738. The maximum absolute atomic E-state index is 12.0. The molecule has 0 aliphatic heterocycles. The number of carbonyl (C=O) groups is 1. The number of esters is 1. The molecule has 2 aromatic rings. The van der Waals surface area contributed by atoms with Crippen LogP contribution in [0.2, 0.25) is 5.02 Å². The highest BCUT2D eigenvalue weighted by atomic mass is 35.5. The average molecular weight is 359 g/mol. The van der Waals surface area contributed by atoms with Gasteiger partial charge in [0, 0.05) is 5.02 Å². The first kappa shape index (κ1) is 19.1. The second kappa shape index (κ2) is 8.21. The molecule has 0 aliphatic carbocycles. The smallest absolute Gasteiger partial charge is 0.337 e. The highest BCUT2D eigenvalue weighted by Crippen LogP contribution is 2.24. The van der Waals surface area contributed by atoms with E-state index in [-0.39, 0.29) is 12.0 Å². The van der Waals surface area contributed by atoms with Crippen molar-refractivity contribution in [2.24, 2.45) is 0 Å². The first-order valence-corrected chi connectivity index (χ1v) is 8.45. The number of hydrogen-bond donors (Lipinski definition) is 0. The predicted molar refractivity (Wildman–Crippen MR) is 102 cm³/mol. The van der Waals surface area contributed by atoms with Gasteiger partial charge in [-0.25, -0.2) is 4.79 Å². The van der Waals surface area contributed by atoms with Crippen LogP contribution < -0.4 is 4.74 Å². The molecule has 0 N–H and O–H groups in total. The quantitative estimate of drug-likeness (QED) is 0.539. The van der Waals surface area contributed by atoms with E-state index in [9.17, 15) is 4.79 Å². The van der Waals surface area contributed by atoms with Crippen LogP contribution >= 0.6 is 11.6 Å². The van der Waals surface area contributed by atoms with Crippen molar-refractivity contribution in [1.29, 1.82) is 0 Å². The Kier molecular flexibility index (Phi) is 6.27. The average Bonchev–Trinajstić information content (AvgIpc) is 2.59. The molecule has 0 fully saturated rings. The molecule has 25 heavy (non-hydrogen) atoms. The summed E-state index contributed by atoms with van der Waals surface area (Å²) in [6.45, 7) is 6.61. The maximum Gasteiger partial charge on any atom is 0.337 e. The van der Waals surface area contributed by atoms with Gasteiger partial charge in [0.15, 0.2) is 0 Å². The summed E-state index contributed by atoms with van der Waals surface area (Å²) in [7, 11) is 1.36. The SMILES string of the molecule is COC(=O)/C(=C/c1ccc(Cl)cc1)COc1ccc(C(C)(C)C)cc1. The van der Waals surface area contributed by atoms with Crippen LogP contribution in [-0.2, 0) is 14.9 Å². The van der Waals surface area contributed by atoms with Gasteiger partial charge in [-0.05, 0) is 46.9 Å². The summed E-state index contributed by atoms with van der Waals surface area (Å²) in [6, 6.07) is 15.1. The number of ether oxygens (including phenoxy) is 2. The Labute approximate surface area is 154 Å². The van der Waals surface area contributed by atoms with E-state index < -0.39 is 5.97 Å². The molecule has 0 bridgehead atoms. The van der Waals surface area contributed by atoms with Gasteiger partial charge in [0.2, 0.25) is 0 Å². The van der Waals surface area contributed by atoms with Crippen LogP contribution in [0.5, 0.6) is 5.75 Å². The minimum absolute atomic E-state index is 0.0875. The van der Waals surface area contributed by atoms with Gasteiger partial charge < -0.3 is 9.47 Å². The number of carbonyl (C=O) groups excluding carboxylic acids is 1. The lowest BCUT2D eigenvalue weighted by Crippen LogP contribution is -2.13. The summed E-state index contributed by atoms with van der Waals surface area (Å²) in [5, 5.41) is 0.645. The summed E-state index contributed by atoms with van der Waals surface area (Å²) in [5.74, 6) is 0.292. The molecule has 0 spiro atoms. The number of rotatable bonds is 5. The van der Waals surface area contributed by atoms with Crippen LogP contribution in [0.25, 0.3) is 6.08 Å². The number of benzene rings is 2. The molecular weight excluding hydrogens is 336 g/mol. The highest BCUT2D eigenvalue weighted by Gasteiger charge is 2.14. The van der Waals surface area contributed by atoms with Gasteiger partial charge in [0.1, 0.15) is 12.4 Å². The zero-order valence-corrected chi connectivity index (χ0v) is 15.8. The molecule has 3 nitrogen and oxygen atoms in total. The molecule has 2 rings (SSSR count). The molecule has 0 atom stereocenters. The largest absolute Gasteiger partial charge is 0.489 e. The fourth-order valence-electron chi connectivity index (χ4n) is 2.26. The lowest BCUT2D eigenvalue weighted by molar-refractivity contribution is -0.136. The summed E-state index contributed by atoms with van der Waals surface area (Å²) < 4.78 is 10.6. The minimum atomic E-state index is -0.415. The highest BCUT2D eigenvalue weighted by molar-refractivity contribution is 6.30. The third-order valence-corrected chi connectivity index (χ3v) is 4.03. The topological polar surface area (TPSA) is 35.5 Å². The van der Waals surface area contributed by atoms with E-state index in [0.717, 1.165) is 5.56 Å². The van der Waals surface area contributed by atoms with Crippen molar-refractivity contribution in [2.75, 3.05) is 13.7 Å². The molecule has 0 unspecified atom stereocenters. The Hall–Kier alpha value is -2.26. The number of methoxy groups -OCH3 is 1. The van der Waals surface area contributed by atoms with Crippen LogP contribution in [0.3, 0.4) is 0 Å². The molecule has 0 saturated heterocycles. The van der Waals surface area contributed by atoms with Gasteiger partial charge in [-0.1, -0.05) is 56.6 Å². The molecular formula is C21H23ClO3. The fraction of sp³-hybridized carbons (Fsp3) is 0.286. The summed E-state index contributed by atoms with van der Waals surface area (Å²) >= 11 is 5.89. The summed E-state index contributed by atoms with van der Waals surface area (Å²) in [5.41, 5.74) is 2.61. The summed E-state index contributed by atoms with van der Waals surface area (Å²) in [6.07, 6.45) is 1.74. The minimum Gasteiger partial charge on any atom is -0.489 e. The van der Waals surface area contributed by atoms with E-state index in [0.29, 0.717) is 16.3 Å². The predicted octanol–water partition coefficient (Wildman–Crippen LogP) is 5.27. The van der Waals surface area contributed by atoms with E-state index in [4.69, 9.17) is 21.1 Å². The van der Waals surface area contributed by atoms with Gasteiger partial charge in [0.25, 0.3) is 0 Å². The van der Waals surface area contributed by atoms with E-state index in [2.05, 4.69) is 20.8 Å². The number of hydrogen-bond acceptors (Lipinski definition) is 3. The van der Waals surface area contributed by atoms with Crippen molar-refractivity contribution in [3.8, 4) is 5.75 Å². The number of halogens is 1. The lowest BCUT2D eigenvalue weighted by atomic mass is 9.87. The first-order chi connectivity index (χ1) is 11.8. The zero-order valence-electron chi connectivity index (χ0n) is 15.0. The van der Waals surface area contributed by atoms with E-state index >= 15 is 0 Å². The molecule has 0 aromatic heterocycles. The molecule has 0 saturated carbocycles. The van der Waals surface area contributed by atoms with Crippen LogP contribution in [0.1, 0.15) is 31.9 Å². The van der Waals surface area contributed by atoms with Crippen molar-refractivity contribution in [3.63, 3.8) is 0 Å². The van der Waals surface area contributed by atoms with Crippen molar-refractivity contribution in [1.82, 2.24) is 0 Å². The molecule has 0 aliphatic rings. The fourth-order valence-corrected chi connectivity index (χ4v) is 2.39. The normalized spacial score (nSPS) is 12.0. The van der Waals surface area contributed by atoms with Crippen molar-refractivity contribution < 1.29 is 14.3 Å². The zero-order chi connectivity index (χ0) is 18.4. The Morgan fingerprint density at radius 3 is 2.16 bits per heavy atom. The molecule has 0 radical (unpaired) electrons. The summed E-state index contributed by atoms with van der Waals surface area (Å²) in [4.78, 5) is 12.0. The van der Waals surface area contributed by atoms with E-state index in [1.807, 2.05) is 36.4 Å². The van der Waals surface area contributed by atoms with Crippen LogP contribution in [0, 0.1) is 0 Å². The van der Waals surface area contributed by atoms with E-state index in [1.54, 1.807) is 18.2 Å². The van der Waals surface area contributed by atoms with Gasteiger partial charge in [-0.3, -0.25) is 0 Å². The van der Waals surface area contributed by atoms with Crippen LogP contribution in [-0.4, -0.2) is 19.7 Å². The van der Waals surface area contributed by atoms with Crippen molar-refractivity contribution >= 4 is 23.6 Å². The van der Waals surface area contributed by atoms with Crippen LogP contribution in [0.15, 0.2) is 54.1 Å². The maximum atomic E-state index is 12.0. The standard InChI is InChI=1S/C21H23ClO3/c1-21(2,3)17-7-11-19(12-8-17)25-14-16(20(23)24-4)13-15-5-9-18(22)10-6-15/h5-13H,14H2,1-4H3/b16-13+. The lowest BCUT2D eigenvalue weighted by Gasteiger charge is -2.19. The van der Waals surface area contributed by atoms with Gasteiger partial charge >= 0.3 is 5.97 Å². The second-order valence-electron chi connectivity index (χ2n) is 6.78. The van der Waals surface area contributed by atoms with E-state index in [1.165, 1.54) is 12.7 Å². The van der Waals surface area contributed by atoms with Gasteiger partial charge in [-0.15, -0.1) is 0 Å².